The molecule has 116 valence electrons. The summed E-state index contributed by atoms with van der Waals surface area (Å²) in [4.78, 5) is 11.5. The molecule has 0 amide bonds. The topological polar surface area (TPSA) is 74.7 Å². The first kappa shape index (κ1) is 16.0. The molecule has 21 heavy (non-hydrogen) atoms. The summed E-state index contributed by atoms with van der Waals surface area (Å²) < 4.78 is 26.4. The van der Waals surface area contributed by atoms with Gasteiger partial charge in [-0.25, -0.2) is 8.42 Å². The van der Waals surface area contributed by atoms with Gasteiger partial charge in [-0.15, -0.1) is 0 Å². The highest BCUT2D eigenvalue weighted by Gasteiger charge is 2.37. The second kappa shape index (κ2) is 6.58. The second-order valence-electron chi connectivity index (χ2n) is 5.36. The number of carboxylic acids is 1. The number of rotatable bonds is 5. The number of benzene rings is 1. The van der Waals surface area contributed by atoms with E-state index in [0.717, 1.165) is 29.1 Å². The molecule has 1 unspecified atom stereocenters. The summed E-state index contributed by atoms with van der Waals surface area (Å²) in [6.07, 6.45) is 3.74. The Morgan fingerprint density at radius 2 is 1.95 bits per heavy atom. The first-order valence-corrected chi connectivity index (χ1v) is 8.74. The average Bonchev–Trinajstić information content (AvgIpc) is 2.48. The standard InChI is InChI=1S/C15H21NO4S/c1-2-5-12-7-9-13(10-8-12)21(19,20)16-11-4-3-6-14(16)15(17)18/h7-10,14H,2-6,11H2,1H3,(H,17,18). The van der Waals surface area contributed by atoms with Crippen LogP contribution >= 0.6 is 0 Å². The van der Waals surface area contributed by atoms with Crippen LogP contribution in [0.4, 0.5) is 0 Å². The minimum Gasteiger partial charge on any atom is -0.480 e. The molecule has 1 saturated heterocycles. The summed E-state index contributed by atoms with van der Waals surface area (Å²) >= 11 is 0. The number of aryl methyl sites for hydroxylation is 1. The first-order chi connectivity index (χ1) is 9.96. The molecule has 2 rings (SSSR count). The molecule has 0 aliphatic carbocycles. The van der Waals surface area contributed by atoms with E-state index in [4.69, 9.17) is 0 Å². The Labute approximate surface area is 125 Å². The number of aliphatic carboxylic acids is 1. The number of hydrogen-bond acceptors (Lipinski definition) is 3. The van der Waals surface area contributed by atoms with Crippen LogP contribution < -0.4 is 0 Å². The van der Waals surface area contributed by atoms with Crippen LogP contribution in [0.5, 0.6) is 0 Å². The van der Waals surface area contributed by atoms with Crippen LogP contribution in [0, 0.1) is 0 Å². The monoisotopic (exact) mass is 311 g/mol. The Balaban J connectivity index is 2.29. The molecule has 0 spiro atoms. The fraction of sp³-hybridized carbons (Fsp3) is 0.533. The maximum Gasteiger partial charge on any atom is 0.322 e. The largest absolute Gasteiger partial charge is 0.480 e. The zero-order valence-corrected chi connectivity index (χ0v) is 13.0. The normalized spacial score (nSPS) is 20.3. The van der Waals surface area contributed by atoms with E-state index in [1.165, 1.54) is 0 Å². The average molecular weight is 311 g/mol. The highest BCUT2D eigenvalue weighted by Crippen LogP contribution is 2.25. The van der Waals surface area contributed by atoms with Crippen LogP contribution in [0.1, 0.15) is 38.2 Å². The summed E-state index contributed by atoms with van der Waals surface area (Å²) in [7, 11) is -3.74. The van der Waals surface area contributed by atoms with Crippen molar-refractivity contribution in [1.29, 1.82) is 0 Å². The third-order valence-electron chi connectivity index (χ3n) is 3.81. The molecule has 0 aromatic heterocycles. The second-order valence-corrected chi connectivity index (χ2v) is 7.25. The summed E-state index contributed by atoms with van der Waals surface area (Å²) in [5, 5.41) is 9.23. The van der Waals surface area contributed by atoms with E-state index in [0.29, 0.717) is 12.8 Å². The molecular formula is C15H21NO4S. The molecule has 1 aromatic rings. The smallest absolute Gasteiger partial charge is 0.322 e. The van der Waals surface area contributed by atoms with Gasteiger partial charge in [0.15, 0.2) is 0 Å². The van der Waals surface area contributed by atoms with Crippen molar-refractivity contribution in [1.82, 2.24) is 4.31 Å². The van der Waals surface area contributed by atoms with Crippen LogP contribution in [-0.4, -0.2) is 36.4 Å². The lowest BCUT2D eigenvalue weighted by atomic mass is 10.1. The minimum atomic E-state index is -3.74. The zero-order chi connectivity index (χ0) is 15.5. The van der Waals surface area contributed by atoms with Gasteiger partial charge < -0.3 is 5.11 Å². The van der Waals surface area contributed by atoms with E-state index in [1.807, 2.05) is 0 Å². The van der Waals surface area contributed by atoms with Crippen LogP contribution in [0.15, 0.2) is 29.2 Å². The van der Waals surface area contributed by atoms with E-state index in [1.54, 1.807) is 24.3 Å². The predicted octanol–water partition coefficient (Wildman–Crippen LogP) is 2.27. The van der Waals surface area contributed by atoms with Gasteiger partial charge in [0.1, 0.15) is 6.04 Å². The van der Waals surface area contributed by atoms with Crippen molar-refractivity contribution in [3.8, 4) is 0 Å². The number of carboxylic acid groups (broad SMARTS) is 1. The van der Waals surface area contributed by atoms with Gasteiger partial charge in [0.05, 0.1) is 4.90 Å². The molecule has 0 saturated carbocycles. The zero-order valence-electron chi connectivity index (χ0n) is 12.2. The molecule has 6 heteroatoms. The lowest BCUT2D eigenvalue weighted by molar-refractivity contribution is -0.142. The summed E-state index contributed by atoms with van der Waals surface area (Å²) in [6.45, 7) is 2.34. The number of nitrogens with zero attached hydrogens (tertiary/aromatic N) is 1. The Kier molecular flexibility index (Phi) is 5.00. The molecule has 1 atom stereocenters. The first-order valence-electron chi connectivity index (χ1n) is 7.30. The van der Waals surface area contributed by atoms with Gasteiger partial charge in [0.2, 0.25) is 10.0 Å². The maximum absolute atomic E-state index is 12.6. The molecular weight excluding hydrogens is 290 g/mol. The Bertz CT molecular complexity index is 595. The number of sulfonamides is 1. The molecule has 1 aliphatic heterocycles. The van der Waals surface area contributed by atoms with Crippen LogP contribution in [0.3, 0.4) is 0 Å². The lowest BCUT2D eigenvalue weighted by Crippen LogP contribution is -2.47. The van der Waals surface area contributed by atoms with Gasteiger partial charge in [-0.05, 0) is 43.4 Å². The van der Waals surface area contributed by atoms with Crippen LogP contribution in [0.2, 0.25) is 0 Å². The van der Waals surface area contributed by atoms with Crippen molar-refractivity contribution in [2.45, 2.75) is 50.0 Å². The van der Waals surface area contributed by atoms with Gasteiger partial charge in [-0.2, -0.15) is 4.31 Å². The van der Waals surface area contributed by atoms with Crippen molar-refractivity contribution in [2.75, 3.05) is 6.54 Å². The van der Waals surface area contributed by atoms with E-state index in [9.17, 15) is 18.3 Å². The summed E-state index contributed by atoms with van der Waals surface area (Å²) in [5.74, 6) is -1.07. The van der Waals surface area contributed by atoms with Gasteiger partial charge in [0, 0.05) is 6.54 Å². The van der Waals surface area contributed by atoms with Gasteiger partial charge >= 0.3 is 5.97 Å². The van der Waals surface area contributed by atoms with Gasteiger partial charge in [-0.1, -0.05) is 25.5 Å². The molecule has 1 aliphatic rings. The Morgan fingerprint density at radius 1 is 1.29 bits per heavy atom. The van der Waals surface area contributed by atoms with Crippen molar-refractivity contribution >= 4 is 16.0 Å². The quantitative estimate of drug-likeness (QED) is 0.905. The van der Waals surface area contributed by atoms with Crippen molar-refractivity contribution in [2.24, 2.45) is 0 Å². The number of carbonyl (C=O) groups is 1. The molecule has 1 heterocycles. The fourth-order valence-electron chi connectivity index (χ4n) is 2.69. The molecule has 0 radical (unpaired) electrons. The van der Waals surface area contributed by atoms with E-state index in [-0.39, 0.29) is 11.4 Å². The molecule has 1 fully saturated rings. The lowest BCUT2D eigenvalue weighted by Gasteiger charge is -2.31. The van der Waals surface area contributed by atoms with Crippen LogP contribution in [0.25, 0.3) is 0 Å². The summed E-state index contributed by atoms with van der Waals surface area (Å²) in [5.41, 5.74) is 1.09. The Morgan fingerprint density at radius 3 is 2.52 bits per heavy atom. The van der Waals surface area contributed by atoms with E-state index < -0.39 is 22.0 Å². The summed E-state index contributed by atoms with van der Waals surface area (Å²) in [6, 6.07) is 5.81. The van der Waals surface area contributed by atoms with Gasteiger partial charge in [0.25, 0.3) is 0 Å². The van der Waals surface area contributed by atoms with Crippen LogP contribution in [-0.2, 0) is 21.2 Å². The van der Waals surface area contributed by atoms with Gasteiger partial charge in [-0.3, -0.25) is 4.79 Å². The Hall–Kier alpha value is -1.40. The fourth-order valence-corrected chi connectivity index (χ4v) is 4.34. The molecule has 0 bridgehead atoms. The van der Waals surface area contributed by atoms with Crippen molar-refractivity contribution in [3.05, 3.63) is 29.8 Å². The molecule has 1 N–H and O–H groups in total. The highest BCUT2D eigenvalue weighted by atomic mass is 32.2. The SMILES string of the molecule is CCCc1ccc(S(=O)(=O)N2CCCCC2C(=O)O)cc1. The van der Waals surface area contributed by atoms with E-state index in [2.05, 4.69) is 6.92 Å². The third kappa shape index (κ3) is 3.44. The molecule has 1 aromatic carbocycles. The van der Waals surface area contributed by atoms with Crippen molar-refractivity contribution in [3.63, 3.8) is 0 Å². The third-order valence-corrected chi connectivity index (χ3v) is 5.73. The predicted molar refractivity (Wildman–Crippen MR) is 79.6 cm³/mol. The number of hydrogen-bond donors (Lipinski definition) is 1. The van der Waals surface area contributed by atoms with E-state index >= 15 is 0 Å². The maximum atomic E-state index is 12.6. The number of piperidine rings is 1. The highest BCUT2D eigenvalue weighted by molar-refractivity contribution is 7.89. The molecule has 5 nitrogen and oxygen atoms in total. The minimum absolute atomic E-state index is 0.176. The van der Waals surface area contributed by atoms with Crippen molar-refractivity contribution < 1.29 is 18.3 Å².